The van der Waals surface area contributed by atoms with E-state index in [4.69, 9.17) is 0 Å². The van der Waals surface area contributed by atoms with E-state index in [0.717, 1.165) is 37.1 Å². The minimum absolute atomic E-state index is 0.00931. The lowest BCUT2D eigenvalue weighted by atomic mass is 9.95. The summed E-state index contributed by atoms with van der Waals surface area (Å²) in [7, 11) is 0. The SMILES string of the molecule is CC(C)c1ccc(C(NC(=O)C2CC(F)CN2C(=O)CCC(=O)N2CCCC2)c2ccccc2)cc1. The predicted octanol–water partition coefficient (Wildman–Crippen LogP) is 4.36. The van der Waals surface area contributed by atoms with Crippen molar-refractivity contribution in [3.8, 4) is 0 Å². The van der Waals surface area contributed by atoms with E-state index in [0.29, 0.717) is 5.92 Å². The number of rotatable bonds is 8. The Hall–Kier alpha value is -3.22. The molecule has 0 aromatic heterocycles. The van der Waals surface area contributed by atoms with Crippen LogP contribution in [0, 0.1) is 0 Å². The first-order valence-electron chi connectivity index (χ1n) is 13.0. The van der Waals surface area contributed by atoms with Crippen LogP contribution in [0.3, 0.4) is 0 Å². The van der Waals surface area contributed by atoms with Gasteiger partial charge in [0.05, 0.1) is 12.6 Å². The molecule has 0 aliphatic carbocycles. The molecule has 2 saturated heterocycles. The normalized spacial score (nSPS) is 20.6. The molecule has 3 unspecified atom stereocenters. The highest BCUT2D eigenvalue weighted by molar-refractivity contribution is 5.90. The molecule has 4 rings (SSSR count). The molecule has 2 aromatic carbocycles. The van der Waals surface area contributed by atoms with Crippen molar-refractivity contribution in [1.29, 1.82) is 0 Å². The highest BCUT2D eigenvalue weighted by Crippen LogP contribution is 2.27. The fourth-order valence-corrected chi connectivity index (χ4v) is 5.11. The van der Waals surface area contributed by atoms with E-state index >= 15 is 0 Å². The summed E-state index contributed by atoms with van der Waals surface area (Å²) in [4.78, 5) is 41.9. The van der Waals surface area contributed by atoms with Crippen molar-refractivity contribution in [3.05, 3.63) is 71.3 Å². The Labute approximate surface area is 212 Å². The number of amides is 3. The molecule has 2 heterocycles. The molecule has 7 heteroatoms. The number of benzene rings is 2. The Morgan fingerprint density at radius 1 is 0.889 bits per heavy atom. The second-order valence-electron chi connectivity index (χ2n) is 10.2. The van der Waals surface area contributed by atoms with Gasteiger partial charge in [-0.25, -0.2) is 4.39 Å². The van der Waals surface area contributed by atoms with E-state index in [1.165, 1.54) is 10.5 Å². The first-order chi connectivity index (χ1) is 17.3. The van der Waals surface area contributed by atoms with Gasteiger partial charge in [-0.3, -0.25) is 14.4 Å². The summed E-state index contributed by atoms with van der Waals surface area (Å²) in [6, 6.07) is 16.4. The molecule has 2 aliphatic heterocycles. The third-order valence-corrected chi connectivity index (χ3v) is 7.24. The molecule has 36 heavy (non-hydrogen) atoms. The zero-order chi connectivity index (χ0) is 25.7. The highest BCUT2D eigenvalue weighted by Gasteiger charge is 2.40. The van der Waals surface area contributed by atoms with Crippen LogP contribution in [0.5, 0.6) is 0 Å². The molecule has 2 fully saturated rings. The molecule has 0 spiro atoms. The van der Waals surface area contributed by atoms with Crippen molar-refractivity contribution >= 4 is 17.7 Å². The summed E-state index contributed by atoms with van der Waals surface area (Å²) in [5.41, 5.74) is 3.03. The summed E-state index contributed by atoms with van der Waals surface area (Å²) >= 11 is 0. The summed E-state index contributed by atoms with van der Waals surface area (Å²) in [6.07, 6.45) is 0.756. The number of alkyl halides is 1. The molecular weight excluding hydrogens is 457 g/mol. The summed E-state index contributed by atoms with van der Waals surface area (Å²) in [5.74, 6) is -0.385. The summed E-state index contributed by atoms with van der Waals surface area (Å²) in [5, 5.41) is 3.08. The number of nitrogens with zero attached hydrogens (tertiary/aromatic N) is 2. The molecule has 3 atom stereocenters. The van der Waals surface area contributed by atoms with Crippen molar-refractivity contribution < 1.29 is 18.8 Å². The van der Waals surface area contributed by atoms with Crippen LogP contribution in [0.25, 0.3) is 0 Å². The molecule has 6 nitrogen and oxygen atoms in total. The molecule has 1 N–H and O–H groups in total. The molecule has 0 radical (unpaired) electrons. The molecule has 0 saturated carbocycles. The van der Waals surface area contributed by atoms with E-state index in [1.54, 1.807) is 4.90 Å². The van der Waals surface area contributed by atoms with E-state index in [-0.39, 0.29) is 43.5 Å². The van der Waals surface area contributed by atoms with Crippen molar-refractivity contribution in [2.24, 2.45) is 0 Å². The third kappa shape index (κ3) is 6.12. The maximum atomic E-state index is 14.4. The minimum Gasteiger partial charge on any atom is -0.343 e. The van der Waals surface area contributed by atoms with Gasteiger partial charge in [0.15, 0.2) is 0 Å². The average molecular weight is 494 g/mol. The highest BCUT2D eigenvalue weighted by atomic mass is 19.1. The average Bonchev–Trinajstić information content (AvgIpc) is 3.56. The Bertz CT molecular complexity index is 1050. The topological polar surface area (TPSA) is 69.7 Å². The zero-order valence-corrected chi connectivity index (χ0v) is 21.2. The van der Waals surface area contributed by atoms with Gasteiger partial charge in [-0.05, 0) is 35.4 Å². The van der Waals surface area contributed by atoms with Crippen LogP contribution < -0.4 is 5.32 Å². The number of carbonyl (C=O) groups excluding carboxylic acids is 3. The maximum absolute atomic E-state index is 14.4. The van der Waals surface area contributed by atoms with Crippen LogP contribution in [-0.4, -0.2) is 59.4 Å². The minimum atomic E-state index is -1.26. The third-order valence-electron chi connectivity index (χ3n) is 7.24. The van der Waals surface area contributed by atoms with Gasteiger partial charge in [-0.1, -0.05) is 68.4 Å². The standard InChI is InChI=1S/C29H36FN3O3/c1-20(2)21-10-12-23(13-11-21)28(22-8-4-3-5-9-22)31-29(36)25-18-24(30)19-33(25)27(35)15-14-26(34)32-16-6-7-17-32/h3-5,8-13,20,24-25,28H,6-7,14-19H2,1-2H3,(H,31,36). The fraction of sp³-hybridized carbons (Fsp3) is 0.483. The monoisotopic (exact) mass is 493 g/mol. The molecular formula is C29H36FN3O3. The number of carbonyl (C=O) groups is 3. The largest absolute Gasteiger partial charge is 0.343 e. The van der Waals surface area contributed by atoms with Crippen molar-refractivity contribution in [3.63, 3.8) is 0 Å². The van der Waals surface area contributed by atoms with Gasteiger partial charge in [0.2, 0.25) is 17.7 Å². The van der Waals surface area contributed by atoms with E-state index in [9.17, 15) is 18.8 Å². The molecule has 2 aliphatic rings. The first kappa shape index (κ1) is 25.9. The second-order valence-corrected chi connectivity index (χ2v) is 10.2. The van der Waals surface area contributed by atoms with Crippen LogP contribution in [-0.2, 0) is 14.4 Å². The Kier molecular flexibility index (Phi) is 8.39. The van der Waals surface area contributed by atoms with Crippen LogP contribution in [0.4, 0.5) is 4.39 Å². The van der Waals surface area contributed by atoms with Crippen molar-refractivity contribution in [1.82, 2.24) is 15.1 Å². The van der Waals surface area contributed by atoms with E-state index in [2.05, 4.69) is 31.3 Å². The number of hydrogen-bond acceptors (Lipinski definition) is 3. The van der Waals surface area contributed by atoms with Crippen molar-refractivity contribution in [2.45, 2.75) is 70.1 Å². The molecule has 192 valence electrons. The first-order valence-corrected chi connectivity index (χ1v) is 13.0. The molecule has 0 bridgehead atoms. The van der Waals surface area contributed by atoms with Gasteiger partial charge in [-0.15, -0.1) is 0 Å². The predicted molar refractivity (Wildman–Crippen MR) is 137 cm³/mol. The van der Waals surface area contributed by atoms with Gasteiger partial charge in [0.25, 0.3) is 0 Å². The van der Waals surface area contributed by atoms with E-state index < -0.39 is 18.3 Å². The lowest BCUT2D eigenvalue weighted by Gasteiger charge is -2.27. The van der Waals surface area contributed by atoms with E-state index in [1.807, 2.05) is 42.5 Å². The van der Waals surface area contributed by atoms with Gasteiger partial charge in [0, 0.05) is 32.4 Å². The Morgan fingerprint density at radius 3 is 2.11 bits per heavy atom. The van der Waals surface area contributed by atoms with Crippen LogP contribution in [0.2, 0.25) is 0 Å². The summed E-state index contributed by atoms with van der Waals surface area (Å²) < 4.78 is 14.4. The number of hydrogen-bond donors (Lipinski definition) is 1. The van der Waals surface area contributed by atoms with Gasteiger partial charge >= 0.3 is 0 Å². The van der Waals surface area contributed by atoms with Crippen molar-refractivity contribution in [2.75, 3.05) is 19.6 Å². The molecule has 2 aromatic rings. The smallest absolute Gasteiger partial charge is 0.243 e. The van der Waals surface area contributed by atoms with Crippen LogP contribution >= 0.6 is 0 Å². The maximum Gasteiger partial charge on any atom is 0.243 e. The Morgan fingerprint density at radius 2 is 1.47 bits per heavy atom. The van der Waals surface area contributed by atoms with Gasteiger partial charge < -0.3 is 15.1 Å². The van der Waals surface area contributed by atoms with Crippen LogP contribution in [0.1, 0.15) is 74.6 Å². The second kappa shape index (κ2) is 11.7. The lowest BCUT2D eigenvalue weighted by Crippen LogP contribution is -2.47. The number of halogens is 1. The Balaban J connectivity index is 1.47. The molecule has 3 amide bonds. The zero-order valence-electron chi connectivity index (χ0n) is 21.2. The fourth-order valence-electron chi connectivity index (χ4n) is 5.11. The summed E-state index contributed by atoms with van der Waals surface area (Å²) in [6.45, 7) is 5.60. The van der Waals surface area contributed by atoms with Crippen LogP contribution in [0.15, 0.2) is 54.6 Å². The lowest BCUT2D eigenvalue weighted by molar-refractivity contribution is -0.140. The quantitative estimate of drug-likeness (QED) is 0.594. The van der Waals surface area contributed by atoms with Gasteiger partial charge in [0.1, 0.15) is 12.2 Å². The number of likely N-dealkylation sites (tertiary alicyclic amines) is 2. The number of nitrogens with one attached hydrogen (secondary N) is 1. The van der Waals surface area contributed by atoms with Gasteiger partial charge in [-0.2, -0.15) is 0 Å².